The van der Waals surface area contributed by atoms with Crippen molar-refractivity contribution in [2.45, 2.75) is 6.92 Å². The fourth-order valence-corrected chi connectivity index (χ4v) is 3.28. The van der Waals surface area contributed by atoms with Crippen LogP contribution in [0.1, 0.15) is 25.8 Å². The lowest BCUT2D eigenvalue weighted by molar-refractivity contribution is 0.102. The number of hydrogen-bond acceptors (Lipinski definition) is 4. The number of carbonyl (C=O) groups excluding carboxylic acids is 1. The van der Waals surface area contributed by atoms with Gasteiger partial charge in [0.15, 0.2) is 0 Å². The van der Waals surface area contributed by atoms with Gasteiger partial charge in [-0.15, -0.1) is 11.3 Å². The van der Waals surface area contributed by atoms with Gasteiger partial charge in [0.05, 0.1) is 22.4 Å². The van der Waals surface area contributed by atoms with Gasteiger partial charge in [0.2, 0.25) is 0 Å². The van der Waals surface area contributed by atoms with E-state index in [4.69, 9.17) is 0 Å². The molecule has 0 radical (unpaired) electrons. The summed E-state index contributed by atoms with van der Waals surface area (Å²) in [6.07, 6.45) is 7.05. The van der Waals surface area contributed by atoms with Crippen LogP contribution >= 0.6 is 11.3 Å². The second-order valence-electron chi connectivity index (χ2n) is 6.05. The average Bonchev–Trinajstić information content (AvgIpc) is 3.39. The SMILES string of the molecule is Cc1ncc(C#Cc2cccc(C(=O)Nc3cccc(-n4ccnc4)c3)c2)s1. The molecule has 4 rings (SSSR count). The van der Waals surface area contributed by atoms with E-state index in [1.807, 2.05) is 54.1 Å². The van der Waals surface area contributed by atoms with Gasteiger partial charge in [-0.25, -0.2) is 9.97 Å². The van der Waals surface area contributed by atoms with E-state index in [-0.39, 0.29) is 5.91 Å². The summed E-state index contributed by atoms with van der Waals surface area (Å²) in [7, 11) is 0. The number of anilines is 1. The molecule has 0 fully saturated rings. The summed E-state index contributed by atoms with van der Waals surface area (Å²) in [5.74, 6) is 6.00. The number of rotatable bonds is 3. The molecule has 2 aromatic carbocycles. The topological polar surface area (TPSA) is 59.8 Å². The predicted octanol–water partition coefficient (Wildman–Crippen LogP) is 4.29. The molecule has 0 aliphatic rings. The molecule has 1 N–H and O–H groups in total. The number of imidazole rings is 1. The van der Waals surface area contributed by atoms with Crippen molar-refractivity contribution in [2.75, 3.05) is 5.32 Å². The molecule has 5 nitrogen and oxygen atoms in total. The normalized spacial score (nSPS) is 10.2. The molecule has 0 saturated heterocycles. The van der Waals surface area contributed by atoms with Gasteiger partial charge in [0.1, 0.15) is 0 Å². The van der Waals surface area contributed by atoms with Gasteiger partial charge in [0.25, 0.3) is 5.91 Å². The molecule has 28 heavy (non-hydrogen) atoms. The fraction of sp³-hybridized carbons (Fsp3) is 0.0455. The molecule has 0 atom stereocenters. The van der Waals surface area contributed by atoms with Crippen LogP contribution in [0.2, 0.25) is 0 Å². The molecule has 0 saturated carbocycles. The first kappa shape index (κ1) is 17.7. The second-order valence-corrected chi connectivity index (χ2v) is 7.28. The molecule has 0 bridgehead atoms. The van der Waals surface area contributed by atoms with E-state index in [0.29, 0.717) is 11.3 Å². The Bertz CT molecular complexity index is 1180. The lowest BCUT2D eigenvalue weighted by Gasteiger charge is -2.08. The molecule has 2 aromatic heterocycles. The van der Waals surface area contributed by atoms with Crippen LogP contribution in [0.25, 0.3) is 5.69 Å². The fourth-order valence-electron chi connectivity index (χ4n) is 2.65. The minimum Gasteiger partial charge on any atom is -0.322 e. The van der Waals surface area contributed by atoms with Crippen molar-refractivity contribution in [1.82, 2.24) is 14.5 Å². The number of carbonyl (C=O) groups is 1. The van der Waals surface area contributed by atoms with E-state index >= 15 is 0 Å². The van der Waals surface area contributed by atoms with E-state index in [1.54, 1.807) is 42.2 Å². The summed E-state index contributed by atoms with van der Waals surface area (Å²) >= 11 is 1.55. The highest BCUT2D eigenvalue weighted by Crippen LogP contribution is 2.16. The van der Waals surface area contributed by atoms with Crippen LogP contribution in [0, 0.1) is 18.8 Å². The van der Waals surface area contributed by atoms with Crippen LogP contribution in [0.3, 0.4) is 0 Å². The van der Waals surface area contributed by atoms with Gasteiger partial charge >= 0.3 is 0 Å². The summed E-state index contributed by atoms with van der Waals surface area (Å²) in [6.45, 7) is 1.95. The molecule has 1 amide bonds. The number of nitrogens with zero attached hydrogens (tertiary/aromatic N) is 3. The first-order valence-electron chi connectivity index (χ1n) is 8.62. The van der Waals surface area contributed by atoms with E-state index < -0.39 is 0 Å². The zero-order chi connectivity index (χ0) is 19.3. The molecule has 136 valence electrons. The van der Waals surface area contributed by atoms with Gasteiger partial charge < -0.3 is 9.88 Å². The van der Waals surface area contributed by atoms with Crippen molar-refractivity contribution < 1.29 is 4.79 Å². The third-order valence-corrected chi connectivity index (χ3v) is 4.81. The molecule has 0 aliphatic heterocycles. The maximum absolute atomic E-state index is 12.7. The summed E-state index contributed by atoms with van der Waals surface area (Å²) in [5, 5.41) is 3.92. The van der Waals surface area contributed by atoms with E-state index in [1.165, 1.54) is 0 Å². The summed E-state index contributed by atoms with van der Waals surface area (Å²) in [4.78, 5) is 21.8. The third kappa shape index (κ3) is 4.17. The van der Waals surface area contributed by atoms with Crippen molar-refractivity contribution in [2.24, 2.45) is 0 Å². The van der Waals surface area contributed by atoms with Gasteiger partial charge in [-0.2, -0.15) is 0 Å². The number of nitrogens with one attached hydrogen (secondary N) is 1. The Hall–Kier alpha value is -3.69. The van der Waals surface area contributed by atoms with Crippen molar-refractivity contribution in [3.63, 3.8) is 0 Å². The van der Waals surface area contributed by atoms with Crippen LogP contribution in [-0.2, 0) is 0 Å². The minimum absolute atomic E-state index is 0.180. The van der Waals surface area contributed by atoms with E-state index in [0.717, 1.165) is 21.1 Å². The van der Waals surface area contributed by atoms with Crippen molar-refractivity contribution in [3.05, 3.63) is 94.5 Å². The third-order valence-electron chi connectivity index (χ3n) is 3.98. The summed E-state index contributed by atoms with van der Waals surface area (Å²) in [6, 6.07) is 14.9. The molecule has 0 aliphatic carbocycles. The van der Waals surface area contributed by atoms with E-state index in [2.05, 4.69) is 27.1 Å². The van der Waals surface area contributed by atoms with Crippen molar-refractivity contribution in [1.29, 1.82) is 0 Å². The highest BCUT2D eigenvalue weighted by atomic mass is 32.1. The molecule has 6 heteroatoms. The smallest absolute Gasteiger partial charge is 0.255 e. The lowest BCUT2D eigenvalue weighted by Crippen LogP contribution is -2.12. The number of hydrogen-bond donors (Lipinski definition) is 1. The lowest BCUT2D eigenvalue weighted by atomic mass is 10.1. The number of thiazole rings is 1. The van der Waals surface area contributed by atoms with Crippen LogP contribution in [0.15, 0.2) is 73.4 Å². The van der Waals surface area contributed by atoms with Crippen LogP contribution in [-0.4, -0.2) is 20.4 Å². The molecule has 4 aromatic rings. The predicted molar refractivity (Wildman–Crippen MR) is 111 cm³/mol. The highest BCUT2D eigenvalue weighted by molar-refractivity contribution is 7.12. The minimum atomic E-state index is -0.180. The van der Waals surface area contributed by atoms with Crippen molar-refractivity contribution in [3.8, 4) is 17.5 Å². The molecular formula is C22H16N4OS. The monoisotopic (exact) mass is 384 g/mol. The molecular weight excluding hydrogens is 368 g/mol. The number of aromatic nitrogens is 3. The highest BCUT2D eigenvalue weighted by Gasteiger charge is 2.07. The van der Waals surface area contributed by atoms with Crippen LogP contribution in [0.4, 0.5) is 5.69 Å². The zero-order valence-electron chi connectivity index (χ0n) is 15.1. The Morgan fingerprint density at radius 2 is 2.04 bits per heavy atom. The molecule has 2 heterocycles. The standard InChI is InChI=1S/C22H16N4OS/c1-16-24-14-21(28-16)9-8-17-4-2-5-18(12-17)22(27)25-19-6-3-7-20(13-19)26-11-10-23-15-26/h2-7,10-15H,1H3,(H,25,27). The largest absolute Gasteiger partial charge is 0.322 e. The van der Waals surface area contributed by atoms with Crippen molar-refractivity contribution >= 4 is 22.9 Å². The summed E-state index contributed by atoms with van der Waals surface area (Å²) in [5.41, 5.74) is 2.98. The maximum atomic E-state index is 12.7. The Morgan fingerprint density at radius 3 is 2.82 bits per heavy atom. The van der Waals surface area contributed by atoms with Gasteiger partial charge in [-0.05, 0) is 49.2 Å². The Kier molecular flexibility index (Phi) is 5.00. The Balaban J connectivity index is 1.51. The molecule has 0 unspecified atom stereocenters. The van der Waals surface area contributed by atoms with E-state index in [9.17, 15) is 4.79 Å². The zero-order valence-corrected chi connectivity index (χ0v) is 15.9. The Morgan fingerprint density at radius 1 is 1.14 bits per heavy atom. The first-order chi connectivity index (χ1) is 13.7. The Labute approximate surface area is 166 Å². The number of aryl methyl sites for hydroxylation is 1. The summed E-state index contributed by atoms with van der Waals surface area (Å²) < 4.78 is 1.88. The quantitative estimate of drug-likeness (QED) is 0.536. The van der Waals surface area contributed by atoms with Crippen LogP contribution in [0.5, 0.6) is 0 Å². The van der Waals surface area contributed by atoms with Gasteiger partial charge in [-0.1, -0.05) is 18.1 Å². The van der Waals surface area contributed by atoms with Gasteiger partial charge in [-0.3, -0.25) is 4.79 Å². The van der Waals surface area contributed by atoms with Gasteiger partial charge in [0, 0.05) is 34.9 Å². The maximum Gasteiger partial charge on any atom is 0.255 e. The number of benzene rings is 2. The average molecular weight is 384 g/mol. The van der Waals surface area contributed by atoms with Crippen LogP contribution < -0.4 is 5.32 Å². The first-order valence-corrected chi connectivity index (χ1v) is 9.43. The second kappa shape index (κ2) is 7.91. The molecule has 0 spiro atoms. The number of amides is 1.